The second-order valence-corrected chi connectivity index (χ2v) is 9.70. The van der Waals surface area contributed by atoms with Gasteiger partial charge in [0.05, 0.1) is 21.2 Å². The van der Waals surface area contributed by atoms with Gasteiger partial charge in [-0.05, 0) is 56.2 Å². The zero-order valence-corrected chi connectivity index (χ0v) is 18.3. The lowest BCUT2D eigenvalue weighted by Gasteiger charge is -2.27. The summed E-state index contributed by atoms with van der Waals surface area (Å²) in [6.07, 6.45) is 0.659. The number of carbonyl (C=O) groups is 1. The molecule has 0 heterocycles. The van der Waals surface area contributed by atoms with Gasteiger partial charge in [-0.2, -0.15) is 0 Å². The van der Waals surface area contributed by atoms with Crippen molar-refractivity contribution in [1.82, 2.24) is 5.32 Å². The molecule has 30 heavy (non-hydrogen) atoms. The van der Waals surface area contributed by atoms with Gasteiger partial charge in [-0.15, -0.1) is 0 Å². The van der Waals surface area contributed by atoms with Crippen LogP contribution in [-0.2, 0) is 16.4 Å². The first-order valence-corrected chi connectivity index (χ1v) is 11.3. The normalized spacial score (nSPS) is 11.7. The van der Waals surface area contributed by atoms with Gasteiger partial charge >= 0.3 is 0 Å². The molecule has 0 saturated carbocycles. The SMILES string of the molecule is CC(C)(Cc1ccccc1)NC(=O)c1ccc(NS(=O)(=O)c2ccccc2)cc1Cl. The van der Waals surface area contributed by atoms with Crippen molar-refractivity contribution in [2.45, 2.75) is 30.7 Å². The molecule has 7 heteroatoms. The molecule has 3 aromatic rings. The lowest BCUT2D eigenvalue weighted by molar-refractivity contribution is 0.0913. The third-order valence-electron chi connectivity index (χ3n) is 4.46. The van der Waals surface area contributed by atoms with E-state index in [-0.39, 0.29) is 27.1 Å². The van der Waals surface area contributed by atoms with Crippen LogP contribution < -0.4 is 10.0 Å². The van der Waals surface area contributed by atoms with Gasteiger partial charge in [0.15, 0.2) is 0 Å². The van der Waals surface area contributed by atoms with E-state index < -0.39 is 15.6 Å². The lowest BCUT2D eigenvalue weighted by Crippen LogP contribution is -2.45. The molecule has 0 bridgehead atoms. The molecule has 2 N–H and O–H groups in total. The lowest BCUT2D eigenvalue weighted by atomic mass is 9.94. The third kappa shape index (κ3) is 5.62. The van der Waals surface area contributed by atoms with Crippen molar-refractivity contribution < 1.29 is 13.2 Å². The van der Waals surface area contributed by atoms with Crippen molar-refractivity contribution in [2.24, 2.45) is 0 Å². The van der Waals surface area contributed by atoms with Gasteiger partial charge in [0.1, 0.15) is 0 Å². The molecule has 0 aliphatic carbocycles. The minimum absolute atomic E-state index is 0.144. The Morgan fingerprint density at radius 2 is 1.53 bits per heavy atom. The van der Waals surface area contributed by atoms with Gasteiger partial charge in [0.25, 0.3) is 15.9 Å². The number of hydrogen-bond acceptors (Lipinski definition) is 3. The number of nitrogens with one attached hydrogen (secondary N) is 2. The Kier molecular flexibility index (Phi) is 6.48. The van der Waals surface area contributed by atoms with E-state index in [1.165, 1.54) is 30.3 Å². The highest BCUT2D eigenvalue weighted by Crippen LogP contribution is 2.24. The molecule has 0 radical (unpaired) electrons. The molecule has 5 nitrogen and oxygen atoms in total. The van der Waals surface area contributed by atoms with Gasteiger partial charge in [0.2, 0.25) is 0 Å². The maximum absolute atomic E-state index is 12.8. The fraction of sp³-hybridized carbons (Fsp3) is 0.174. The minimum Gasteiger partial charge on any atom is -0.347 e. The summed E-state index contributed by atoms with van der Waals surface area (Å²) in [5.74, 6) is -0.321. The number of sulfonamides is 1. The first kappa shape index (κ1) is 21.9. The molecule has 0 unspecified atom stereocenters. The van der Waals surface area contributed by atoms with Gasteiger partial charge in [-0.3, -0.25) is 9.52 Å². The maximum Gasteiger partial charge on any atom is 0.261 e. The average Bonchev–Trinajstić information content (AvgIpc) is 2.68. The third-order valence-corrected chi connectivity index (χ3v) is 6.17. The summed E-state index contributed by atoms with van der Waals surface area (Å²) >= 11 is 6.29. The monoisotopic (exact) mass is 442 g/mol. The van der Waals surface area contributed by atoms with Gasteiger partial charge < -0.3 is 5.32 Å². The van der Waals surface area contributed by atoms with Crippen LogP contribution in [0.15, 0.2) is 83.8 Å². The highest BCUT2D eigenvalue weighted by atomic mass is 35.5. The molecule has 1 amide bonds. The number of halogens is 1. The number of benzene rings is 3. The fourth-order valence-electron chi connectivity index (χ4n) is 3.10. The Labute approximate surface area is 182 Å². The quantitative estimate of drug-likeness (QED) is 0.546. The van der Waals surface area contributed by atoms with Gasteiger partial charge in [0, 0.05) is 5.54 Å². The van der Waals surface area contributed by atoms with Crippen molar-refractivity contribution in [3.63, 3.8) is 0 Å². The number of carbonyl (C=O) groups excluding carboxylic acids is 1. The van der Waals surface area contributed by atoms with Crippen molar-refractivity contribution in [1.29, 1.82) is 0 Å². The molecular weight excluding hydrogens is 420 g/mol. The molecule has 3 aromatic carbocycles. The van der Waals surface area contributed by atoms with E-state index in [2.05, 4.69) is 10.0 Å². The van der Waals surface area contributed by atoms with Crippen LogP contribution in [0.4, 0.5) is 5.69 Å². The van der Waals surface area contributed by atoms with Crippen LogP contribution in [0.25, 0.3) is 0 Å². The van der Waals surface area contributed by atoms with Crippen molar-refractivity contribution in [3.05, 3.63) is 95.0 Å². The summed E-state index contributed by atoms with van der Waals surface area (Å²) in [7, 11) is -3.74. The Morgan fingerprint density at radius 3 is 2.13 bits per heavy atom. The van der Waals surface area contributed by atoms with Crippen LogP contribution in [-0.4, -0.2) is 19.9 Å². The number of anilines is 1. The largest absolute Gasteiger partial charge is 0.347 e. The molecule has 0 saturated heterocycles. The second-order valence-electron chi connectivity index (χ2n) is 7.61. The van der Waals surface area contributed by atoms with Crippen LogP contribution >= 0.6 is 11.6 Å². The van der Waals surface area contributed by atoms with E-state index in [9.17, 15) is 13.2 Å². The summed E-state index contributed by atoms with van der Waals surface area (Å²) in [4.78, 5) is 12.9. The van der Waals surface area contributed by atoms with E-state index in [0.29, 0.717) is 6.42 Å². The first-order chi connectivity index (χ1) is 14.2. The van der Waals surface area contributed by atoms with Crippen molar-refractivity contribution in [3.8, 4) is 0 Å². The van der Waals surface area contributed by atoms with Crippen molar-refractivity contribution in [2.75, 3.05) is 4.72 Å². The summed E-state index contributed by atoms with van der Waals surface area (Å²) in [5.41, 5.74) is 1.18. The van der Waals surface area contributed by atoms with Gasteiger partial charge in [-0.1, -0.05) is 60.1 Å². The Bertz CT molecular complexity index is 1130. The summed E-state index contributed by atoms with van der Waals surface area (Å²) in [5, 5.41) is 3.16. The Morgan fingerprint density at radius 1 is 0.933 bits per heavy atom. The Hall–Kier alpha value is -2.83. The van der Waals surface area contributed by atoms with Crippen LogP contribution in [0.5, 0.6) is 0 Å². The highest BCUT2D eigenvalue weighted by Gasteiger charge is 2.23. The number of rotatable bonds is 7. The van der Waals surface area contributed by atoms with Crippen LogP contribution in [0.3, 0.4) is 0 Å². The molecule has 0 spiro atoms. The standard InChI is InChI=1S/C23H23ClN2O3S/c1-23(2,16-17-9-5-3-6-10-17)25-22(27)20-14-13-18(15-21(20)24)26-30(28,29)19-11-7-4-8-12-19/h3-15,26H,16H2,1-2H3,(H,25,27). The molecule has 0 atom stereocenters. The molecule has 0 aliphatic rings. The maximum atomic E-state index is 12.8. The van der Waals surface area contributed by atoms with E-state index in [4.69, 9.17) is 11.6 Å². The summed E-state index contributed by atoms with van der Waals surface area (Å²) in [6, 6.07) is 22.4. The molecule has 0 fully saturated rings. The zero-order chi connectivity index (χ0) is 21.8. The molecule has 156 valence electrons. The van der Waals surface area contributed by atoms with E-state index in [0.717, 1.165) is 5.56 Å². The fourth-order valence-corrected chi connectivity index (χ4v) is 4.44. The topological polar surface area (TPSA) is 75.3 Å². The van der Waals surface area contributed by atoms with E-state index in [1.807, 2.05) is 44.2 Å². The molecular formula is C23H23ClN2O3S. The van der Waals surface area contributed by atoms with E-state index >= 15 is 0 Å². The average molecular weight is 443 g/mol. The summed E-state index contributed by atoms with van der Waals surface area (Å²) < 4.78 is 27.4. The number of amides is 1. The smallest absolute Gasteiger partial charge is 0.261 e. The molecule has 3 rings (SSSR count). The molecule has 0 aromatic heterocycles. The van der Waals surface area contributed by atoms with Crippen LogP contribution in [0.2, 0.25) is 5.02 Å². The second kappa shape index (κ2) is 8.90. The predicted molar refractivity (Wildman–Crippen MR) is 120 cm³/mol. The molecule has 0 aliphatic heterocycles. The van der Waals surface area contributed by atoms with Crippen LogP contribution in [0.1, 0.15) is 29.8 Å². The number of hydrogen-bond donors (Lipinski definition) is 2. The summed E-state index contributed by atoms with van der Waals surface area (Å²) in [6.45, 7) is 3.88. The van der Waals surface area contributed by atoms with Gasteiger partial charge in [-0.25, -0.2) is 8.42 Å². The van der Waals surface area contributed by atoms with Crippen LogP contribution in [0, 0.1) is 0 Å². The first-order valence-electron chi connectivity index (χ1n) is 9.40. The highest BCUT2D eigenvalue weighted by molar-refractivity contribution is 7.92. The Balaban J connectivity index is 1.72. The zero-order valence-electron chi connectivity index (χ0n) is 16.7. The van der Waals surface area contributed by atoms with Crippen molar-refractivity contribution >= 4 is 33.2 Å². The van der Waals surface area contributed by atoms with E-state index in [1.54, 1.807) is 18.2 Å². The minimum atomic E-state index is -3.74. The predicted octanol–water partition coefficient (Wildman–Crippen LogP) is 4.89.